The lowest BCUT2D eigenvalue weighted by molar-refractivity contribution is -0.205. The van der Waals surface area contributed by atoms with Crippen LogP contribution < -0.4 is 0 Å². The predicted molar refractivity (Wildman–Crippen MR) is 71.9 cm³/mol. The van der Waals surface area contributed by atoms with Gasteiger partial charge in [-0.15, -0.1) is 13.0 Å². The zero-order chi connectivity index (χ0) is 12.8. The van der Waals surface area contributed by atoms with Gasteiger partial charge in [-0.2, -0.15) is 0 Å². The van der Waals surface area contributed by atoms with Gasteiger partial charge in [-0.1, -0.05) is 24.1 Å². The molecule has 0 bridgehead atoms. The molecule has 1 aromatic carbocycles. The van der Waals surface area contributed by atoms with Crippen LogP contribution in [0.15, 0.2) is 36.9 Å². The van der Waals surface area contributed by atoms with Crippen molar-refractivity contribution >= 4 is 0 Å². The molecule has 1 heterocycles. The molecule has 1 saturated heterocycles. The van der Waals surface area contributed by atoms with Crippen LogP contribution >= 0.6 is 0 Å². The Bertz CT molecular complexity index is 419. The maximum Gasteiger partial charge on any atom is 0.183 e. The zero-order valence-corrected chi connectivity index (χ0v) is 10.5. The van der Waals surface area contributed by atoms with Gasteiger partial charge in [0, 0.05) is 17.0 Å². The largest absolute Gasteiger partial charge is 0.348 e. The Hall–Kier alpha value is -1.56. The molecular weight excluding hydrogens is 224 g/mol. The summed E-state index contributed by atoms with van der Waals surface area (Å²) in [6.07, 6.45) is 9.09. The maximum absolute atomic E-state index is 5.74. The SMILES string of the molecule is C#Cc1ccc([C@H]2OC[C@H](CCC=C)CO2)cc1. The minimum Gasteiger partial charge on any atom is -0.348 e. The predicted octanol–water partition coefficient (Wildman–Crippen LogP) is 3.30. The number of hydrogen-bond donors (Lipinski definition) is 0. The smallest absolute Gasteiger partial charge is 0.183 e. The summed E-state index contributed by atoms with van der Waals surface area (Å²) in [7, 11) is 0. The fourth-order valence-electron chi connectivity index (χ4n) is 1.99. The van der Waals surface area contributed by atoms with Gasteiger partial charge in [0.2, 0.25) is 0 Å². The Morgan fingerprint density at radius 3 is 2.50 bits per heavy atom. The van der Waals surface area contributed by atoms with E-state index in [-0.39, 0.29) is 6.29 Å². The Labute approximate surface area is 109 Å². The molecule has 0 amide bonds. The molecule has 0 saturated carbocycles. The second-order valence-corrected chi connectivity index (χ2v) is 4.50. The van der Waals surface area contributed by atoms with Crippen LogP contribution in [0.1, 0.15) is 30.3 Å². The van der Waals surface area contributed by atoms with Crippen LogP contribution in [0.3, 0.4) is 0 Å². The van der Waals surface area contributed by atoms with Gasteiger partial charge in [-0.3, -0.25) is 0 Å². The van der Waals surface area contributed by atoms with E-state index < -0.39 is 0 Å². The molecule has 1 fully saturated rings. The van der Waals surface area contributed by atoms with E-state index in [1.165, 1.54) is 0 Å². The second kappa shape index (κ2) is 6.39. The van der Waals surface area contributed by atoms with Gasteiger partial charge in [-0.05, 0) is 25.0 Å². The van der Waals surface area contributed by atoms with E-state index in [0.717, 1.165) is 37.2 Å². The maximum atomic E-state index is 5.74. The Kier molecular flexibility index (Phi) is 4.58. The lowest BCUT2D eigenvalue weighted by Crippen LogP contribution is -2.26. The van der Waals surface area contributed by atoms with Crippen molar-refractivity contribution in [2.45, 2.75) is 19.1 Å². The minimum absolute atomic E-state index is 0.253. The first kappa shape index (κ1) is 12.9. The summed E-state index contributed by atoms with van der Waals surface area (Å²) in [4.78, 5) is 0. The van der Waals surface area contributed by atoms with Crippen molar-refractivity contribution in [3.05, 3.63) is 48.0 Å². The van der Waals surface area contributed by atoms with E-state index >= 15 is 0 Å². The van der Waals surface area contributed by atoms with Gasteiger partial charge in [0.25, 0.3) is 0 Å². The lowest BCUT2D eigenvalue weighted by Gasteiger charge is -2.29. The highest BCUT2D eigenvalue weighted by Crippen LogP contribution is 2.26. The van der Waals surface area contributed by atoms with Gasteiger partial charge < -0.3 is 9.47 Å². The molecule has 0 spiro atoms. The Morgan fingerprint density at radius 1 is 1.28 bits per heavy atom. The first-order valence-corrected chi connectivity index (χ1v) is 6.24. The highest BCUT2D eigenvalue weighted by atomic mass is 16.7. The van der Waals surface area contributed by atoms with Crippen molar-refractivity contribution in [2.75, 3.05) is 13.2 Å². The highest BCUT2D eigenvalue weighted by Gasteiger charge is 2.22. The number of terminal acetylenes is 1. The van der Waals surface area contributed by atoms with E-state index in [2.05, 4.69) is 12.5 Å². The normalized spacial score (nSPS) is 23.3. The number of benzene rings is 1. The number of allylic oxidation sites excluding steroid dienone is 1. The van der Waals surface area contributed by atoms with Crippen molar-refractivity contribution in [3.63, 3.8) is 0 Å². The molecule has 1 aliphatic heterocycles. The summed E-state index contributed by atoms with van der Waals surface area (Å²) in [5.41, 5.74) is 1.90. The quantitative estimate of drug-likeness (QED) is 0.596. The van der Waals surface area contributed by atoms with Crippen molar-refractivity contribution in [3.8, 4) is 12.3 Å². The molecule has 0 aliphatic carbocycles. The molecule has 0 aromatic heterocycles. The standard InChI is InChI=1S/C16H18O2/c1-3-5-6-14-11-17-16(18-12-14)15-9-7-13(4-2)8-10-15/h2-3,7-10,14,16H,1,5-6,11-12H2/t14-,16-. The average Bonchev–Trinajstić information content (AvgIpc) is 2.46. The molecule has 0 atom stereocenters. The summed E-state index contributed by atoms with van der Waals surface area (Å²) < 4.78 is 11.5. The van der Waals surface area contributed by atoms with Gasteiger partial charge in [-0.25, -0.2) is 0 Å². The summed E-state index contributed by atoms with van der Waals surface area (Å²) in [6, 6.07) is 7.74. The van der Waals surface area contributed by atoms with Crippen molar-refractivity contribution in [1.29, 1.82) is 0 Å². The third-order valence-electron chi connectivity index (χ3n) is 3.10. The van der Waals surface area contributed by atoms with Gasteiger partial charge in [0.05, 0.1) is 13.2 Å². The molecule has 2 heteroatoms. The topological polar surface area (TPSA) is 18.5 Å². The van der Waals surface area contributed by atoms with E-state index in [9.17, 15) is 0 Å². The molecule has 2 rings (SSSR count). The Balaban J connectivity index is 1.88. The highest BCUT2D eigenvalue weighted by molar-refractivity contribution is 5.34. The van der Waals surface area contributed by atoms with Crippen molar-refractivity contribution < 1.29 is 9.47 Å². The third kappa shape index (κ3) is 3.22. The summed E-state index contributed by atoms with van der Waals surface area (Å²) in [5.74, 6) is 3.07. The molecule has 0 unspecified atom stereocenters. The van der Waals surface area contributed by atoms with E-state index in [0.29, 0.717) is 5.92 Å². The van der Waals surface area contributed by atoms with Crippen LogP contribution in [0.5, 0.6) is 0 Å². The molecule has 1 aliphatic rings. The summed E-state index contributed by atoms with van der Waals surface area (Å²) in [6.45, 7) is 5.22. The van der Waals surface area contributed by atoms with Crippen molar-refractivity contribution in [2.24, 2.45) is 5.92 Å². The van der Waals surface area contributed by atoms with Crippen LogP contribution in [0.25, 0.3) is 0 Å². The molecular formula is C16H18O2. The fraction of sp³-hybridized carbons (Fsp3) is 0.375. The molecule has 1 aromatic rings. The van der Waals surface area contributed by atoms with Crippen molar-refractivity contribution in [1.82, 2.24) is 0 Å². The monoisotopic (exact) mass is 242 g/mol. The Morgan fingerprint density at radius 2 is 1.94 bits per heavy atom. The van der Waals surface area contributed by atoms with Crippen LogP contribution in [-0.2, 0) is 9.47 Å². The van der Waals surface area contributed by atoms with Crippen LogP contribution in [-0.4, -0.2) is 13.2 Å². The third-order valence-corrected chi connectivity index (χ3v) is 3.10. The van der Waals surface area contributed by atoms with Crippen LogP contribution in [0.4, 0.5) is 0 Å². The lowest BCUT2D eigenvalue weighted by atomic mass is 10.0. The van der Waals surface area contributed by atoms with Crippen LogP contribution in [0.2, 0.25) is 0 Å². The average molecular weight is 242 g/mol. The minimum atomic E-state index is -0.253. The zero-order valence-electron chi connectivity index (χ0n) is 10.5. The van der Waals surface area contributed by atoms with Crippen LogP contribution in [0, 0.1) is 18.3 Å². The molecule has 2 nitrogen and oxygen atoms in total. The van der Waals surface area contributed by atoms with Gasteiger partial charge in [0.1, 0.15) is 0 Å². The molecule has 0 radical (unpaired) electrons. The molecule has 0 N–H and O–H groups in total. The first-order valence-electron chi connectivity index (χ1n) is 6.24. The fourth-order valence-corrected chi connectivity index (χ4v) is 1.99. The van der Waals surface area contributed by atoms with E-state index in [4.69, 9.17) is 15.9 Å². The van der Waals surface area contributed by atoms with Gasteiger partial charge in [0.15, 0.2) is 6.29 Å². The van der Waals surface area contributed by atoms with Gasteiger partial charge >= 0.3 is 0 Å². The summed E-state index contributed by atoms with van der Waals surface area (Å²) >= 11 is 0. The first-order chi connectivity index (χ1) is 8.83. The summed E-state index contributed by atoms with van der Waals surface area (Å²) in [5, 5.41) is 0. The van der Waals surface area contributed by atoms with E-state index in [1.807, 2.05) is 30.3 Å². The van der Waals surface area contributed by atoms with E-state index in [1.54, 1.807) is 0 Å². The number of hydrogen-bond acceptors (Lipinski definition) is 2. The second-order valence-electron chi connectivity index (χ2n) is 4.50. The molecule has 94 valence electrons. The number of ether oxygens (including phenoxy) is 2. The molecule has 18 heavy (non-hydrogen) atoms. The number of rotatable bonds is 4.